The van der Waals surface area contributed by atoms with Crippen molar-refractivity contribution in [2.24, 2.45) is 0 Å². The maximum Gasteiger partial charge on any atom is 0.266 e. The van der Waals surface area contributed by atoms with Crippen molar-refractivity contribution in [3.63, 3.8) is 0 Å². The van der Waals surface area contributed by atoms with Crippen molar-refractivity contribution < 1.29 is 33.1 Å². The highest BCUT2D eigenvalue weighted by molar-refractivity contribution is 6.23. The summed E-state index contributed by atoms with van der Waals surface area (Å²) in [5.41, 5.74) is 3.74. The van der Waals surface area contributed by atoms with Gasteiger partial charge >= 0.3 is 0 Å². The topological polar surface area (TPSA) is 166 Å². The summed E-state index contributed by atoms with van der Waals surface area (Å²) in [6, 6.07) is 25.7. The maximum atomic E-state index is 13.2. The van der Waals surface area contributed by atoms with E-state index < -0.39 is 29.7 Å². The van der Waals surface area contributed by atoms with Crippen molar-refractivity contribution in [3.8, 4) is 29.0 Å². The summed E-state index contributed by atoms with van der Waals surface area (Å²) in [6.07, 6.45) is 1.77. The number of hydrogen-bond acceptors (Lipinski definition) is 11. The van der Waals surface area contributed by atoms with Crippen LogP contribution in [0.5, 0.6) is 17.4 Å². The highest BCUT2D eigenvalue weighted by Gasteiger charge is 2.45. The fourth-order valence-electron chi connectivity index (χ4n) is 6.94. The fourth-order valence-corrected chi connectivity index (χ4v) is 6.94. The van der Waals surface area contributed by atoms with Gasteiger partial charge < -0.3 is 19.2 Å². The van der Waals surface area contributed by atoms with E-state index in [4.69, 9.17) is 13.9 Å². The van der Waals surface area contributed by atoms with Gasteiger partial charge in [-0.15, -0.1) is 10.2 Å². The molecule has 2 N–H and O–H groups in total. The van der Waals surface area contributed by atoms with Crippen molar-refractivity contribution in [2.45, 2.75) is 70.1 Å². The Labute approximate surface area is 304 Å². The lowest BCUT2D eigenvalue weighted by Crippen LogP contribution is -2.54. The first kappa shape index (κ1) is 33.8. The monoisotopic (exact) mass is 712 g/mol. The second-order valence-electron chi connectivity index (χ2n) is 14.0. The van der Waals surface area contributed by atoms with Crippen LogP contribution in [0.15, 0.2) is 89.3 Å². The molecule has 2 aliphatic heterocycles. The van der Waals surface area contributed by atoms with Crippen molar-refractivity contribution in [2.75, 3.05) is 5.32 Å². The zero-order chi connectivity index (χ0) is 36.9. The Morgan fingerprint density at radius 1 is 0.849 bits per heavy atom. The summed E-state index contributed by atoms with van der Waals surface area (Å²) in [5.74, 6) is 0.600. The molecule has 0 bridgehead atoms. The summed E-state index contributed by atoms with van der Waals surface area (Å²) in [6.45, 7) is 6.08. The number of piperidine rings is 1. The number of anilines is 1. The van der Waals surface area contributed by atoms with E-state index in [0.717, 1.165) is 34.6 Å². The van der Waals surface area contributed by atoms with Crippen LogP contribution in [0.3, 0.4) is 0 Å². The lowest BCUT2D eigenvalue weighted by Gasteiger charge is -2.36. The molecule has 1 saturated heterocycles. The van der Waals surface area contributed by atoms with E-state index in [1.54, 1.807) is 37.3 Å². The van der Waals surface area contributed by atoms with Gasteiger partial charge in [-0.1, -0.05) is 44.2 Å². The lowest BCUT2D eigenvalue weighted by atomic mass is 9.78. The number of carbonyl (C=O) groups is 4. The molecule has 1 saturated carbocycles. The van der Waals surface area contributed by atoms with Gasteiger partial charge in [-0.3, -0.25) is 29.4 Å². The molecule has 1 atom stereocenters. The second kappa shape index (κ2) is 13.3. The zero-order valence-corrected chi connectivity index (χ0v) is 29.3. The first-order chi connectivity index (χ1) is 25.5. The SMILES string of the molecule is Cc1nnc(-c2cccc(Oc3ccc(C(C)(C)c4ccc(O[C@H]5C[C@H](Nc6ccc7c(c6)C(=O)N(C6CCC(=O)NC6=O)C7=O)C5)cc4)cc3)n2)o1. The van der Waals surface area contributed by atoms with Crippen molar-refractivity contribution in [1.82, 2.24) is 25.4 Å². The first-order valence-corrected chi connectivity index (χ1v) is 17.5. The predicted octanol–water partition coefficient (Wildman–Crippen LogP) is 5.98. The van der Waals surface area contributed by atoms with Crippen LogP contribution >= 0.6 is 0 Å². The van der Waals surface area contributed by atoms with Gasteiger partial charge in [-0.2, -0.15) is 0 Å². The van der Waals surface area contributed by atoms with Crippen LogP contribution in [0.25, 0.3) is 11.6 Å². The van der Waals surface area contributed by atoms with Crippen LogP contribution in [0.4, 0.5) is 5.69 Å². The molecule has 3 aromatic carbocycles. The summed E-state index contributed by atoms with van der Waals surface area (Å²) in [4.78, 5) is 55.6. The Bertz CT molecular complexity index is 2240. The molecule has 53 heavy (non-hydrogen) atoms. The average Bonchev–Trinajstić information content (AvgIpc) is 3.67. The average molecular weight is 713 g/mol. The third-order valence-corrected chi connectivity index (χ3v) is 10.1. The molecule has 4 heterocycles. The smallest absolute Gasteiger partial charge is 0.266 e. The third kappa shape index (κ3) is 6.61. The van der Waals surface area contributed by atoms with Crippen molar-refractivity contribution in [1.29, 1.82) is 0 Å². The summed E-state index contributed by atoms with van der Waals surface area (Å²) in [5, 5.41) is 13.5. The normalized spacial score (nSPS) is 19.8. The molecular formula is C40H36N6O7. The number of nitrogens with zero attached hydrogens (tertiary/aromatic N) is 4. The quantitative estimate of drug-likeness (QED) is 0.164. The molecule has 2 fully saturated rings. The van der Waals surface area contributed by atoms with E-state index in [0.29, 0.717) is 34.8 Å². The highest BCUT2D eigenvalue weighted by Crippen LogP contribution is 2.36. The van der Waals surface area contributed by atoms with Crippen LogP contribution in [-0.4, -0.2) is 61.9 Å². The Morgan fingerprint density at radius 2 is 1.55 bits per heavy atom. The standard InChI is InChI=1S/C40H36N6O7/c1-22-44-45-37(51-22)32-5-4-6-35(42-32)53-28-14-9-24(10-15-28)40(2,3)23-7-12-27(13-8-23)52-29-19-26(20-29)41-25-11-16-30-31(21-25)39(50)46(38(30)49)33-17-18-34(47)43-36(33)48/h4-16,21,26,29,33,41H,17-20H2,1-3H3,(H,43,47,48)/t26-,29-,33?. The van der Waals surface area contributed by atoms with Crippen molar-refractivity contribution >= 4 is 29.3 Å². The number of ether oxygens (including phenoxy) is 2. The molecule has 13 heteroatoms. The molecule has 0 spiro atoms. The number of carbonyl (C=O) groups excluding carboxylic acids is 4. The van der Waals surface area contributed by atoms with E-state index in [9.17, 15) is 19.2 Å². The van der Waals surface area contributed by atoms with Crippen molar-refractivity contribution in [3.05, 3.63) is 113 Å². The minimum absolute atomic E-state index is 0.0332. The number of imide groups is 2. The van der Waals surface area contributed by atoms with Gasteiger partial charge in [0.05, 0.1) is 11.1 Å². The third-order valence-electron chi connectivity index (χ3n) is 10.1. The van der Waals surface area contributed by atoms with Crippen LogP contribution in [0, 0.1) is 6.92 Å². The Balaban J connectivity index is 0.839. The maximum absolute atomic E-state index is 13.2. The Hall–Kier alpha value is -6.37. The molecule has 3 aliphatic rings. The number of fused-ring (bicyclic) bond motifs is 1. The van der Waals surface area contributed by atoms with Crippen LogP contribution in [0.1, 0.15) is 77.3 Å². The number of nitrogens with one attached hydrogen (secondary N) is 2. The lowest BCUT2D eigenvalue weighted by molar-refractivity contribution is -0.136. The fraction of sp³-hybridized carbons (Fsp3) is 0.275. The number of rotatable bonds is 10. The van der Waals surface area contributed by atoms with Gasteiger partial charge in [0, 0.05) is 49.4 Å². The predicted molar refractivity (Wildman–Crippen MR) is 192 cm³/mol. The van der Waals surface area contributed by atoms with Crippen LogP contribution < -0.4 is 20.1 Å². The van der Waals surface area contributed by atoms with Gasteiger partial charge in [0.15, 0.2) is 0 Å². The number of pyridine rings is 1. The van der Waals surface area contributed by atoms with Crippen LogP contribution in [0.2, 0.25) is 0 Å². The first-order valence-electron chi connectivity index (χ1n) is 17.5. The van der Waals surface area contributed by atoms with E-state index in [2.05, 4.69) is 63.9 Å². The second-order valence-corrected chi connectivity index (χ2v) is 14.0. The minimum Gasteiger partial charge on any atom is -0.490 e. The van der Waals surface area contributed by atoms with E-state index in [1.165, 1.54) is 0 Å². The molecule has 8 rings (SSSR count). The van der Waals surface area contributed by atoms with Gasteiger partial charge in [0.2, 0.25) is 23.6 Å². The highest BCUT2D eigenvalue weighted by atomic mass is 16.5. The van der Waals surface area contributed by atoms with Gasteiger partial charge in [0.1, 0.15) is 29.3 Å². The summed E-state index contributed by atoms with van der Waals surface area (Å²) < 4.78 is 17.8. The molecule has 13 nitrogen and oxygen atoms in total. The van der Waals surface area contributed by atoms with Gasteiger partial charge in [0.25, 0.3) is 17.7 Å². The number of amides is 4. The zero-order valence-electron chi connectivity index (χ0n) is 29.3. The van der Waals surface area contributed by atoms with Gasteiger partial charge in [-0.25, -0.2) is 4.98 Å². The molecule has 5 aromatic rings. The molecular weight excluding hydrogens is 676 g/mol. The molecule has 1 unspecified atom stereocenters. The number of benzene rings is 3. The van der Waals surface area contributed by atoms with E-state index in [-0.39, 0.29) is 41.5 Å². The molecule has 2 aromatic heterocycles. The van der Waals surface area contributed by atoms with Gasteiger partial charge in [-0.05, 0) is 66.1 Å². The number of aromatic nitrogens is 3. The largest absolute Gasteiger partial charge is 0.490 e. The summed E-state index contributed by atoms with van der Waals surface area (Å²) >= 11 is 0. The minimum atomic E-state index is -0.990. The number of aryl methyl sites for hydroxylation is 1. The Kier molecular flexibility index (Phi) is 8.48. The number of hydrogen-bond donors (Lipinski definition) is 2. The van der Waals surface area contributed by atoms with E-state index >= 15 is 0 Å². The summed E-state index contributed by atoms with van der Waals surface area (Å²) in [7, 11) is 0. The molecule has 268 valence electrons. The Morgan fingerprint density at radius 3 is 2.23 bits per heavy atom. The molecule has 0 radical (unpaired) electrons. The molecule has 4 amide bonds. The van der Waals surface area contributed by atoms with Crippen LogP contribution in [-0.2, 0) is 15.0 Å². The molecule has 1 aliphatic carbocycles. The van der Waals surface area contributed by atoms with E-state index in [1.807, 2.05) is 30.3 Å².